The highest BCUT2D eigenvalue weighted by molar-refractivity contribution is 6.35. The topological polar surface area (TPSA) is 37.9 Å². The van der Waals surface area contributed by atoms with Crippen LogP contribution < -0.4 is 0 Å². The molecule has 1 fully saturated rings. The molecule has 0 unspecified atom stereocenters. The highest BCUT2D eigenvalue weighted by atomic mass is 35.5. The molecule has 0 atom stereocenters. The molecule has 16 heavy (non-hydrogen) atoms. The number of hydrogen-bond donors (Lipinski definition) is 1. The highest BCUT2D eigenvalue weighted by Gasteiger charge is 2.20. The first kappa shape index (κ1) is 9.73. The zero-order chi connectivity index (χ0) is 11.1. The van der Waals surface area contributed by atoms with Gasteiger partial charge < -0.3 is 4.74 Å². The van der Waals surface area contributed by atoms with E-state index >= 15 is 0 Å². The molecular weight excluding hydrogens is 224 g/mol. The van der Waals surface area contributed by atoms with E-state index < -0.39 is 0 Å². The molecule has 0 saturated heterocycles. The molecule has 82 valence electrons. The number of H-pyrrole nitrogens is 1. The molecule has 4 heteroatoms. The maximum atomic E-state index is 6.19. The third kappa shape index (κ3) is 1.48. The molecule has 1 aliphatic rings. The van der Waals surface area contributed by atoms with E-state index in [0.717, 1.165) is 35.1 Å². The normalized spacial score (nSPS) is 14.2. The lowest BCUT2D eigenvalue weighted by Gasteiger charge is -2.07. The summed E-state index contributed by atoms with van der Waals surface area (Å²) in [5.41, 5.74) is 3.33. The minimum atomic E-state index is 0.706. The molecular formula is C12H11ClN2O. The molecule has 0 radical (unpaired) electrons. The van der Waals surface area contributed by atoms with Crippen LogP contribution in [0.5, 0.6) is 0 Å². The van der Waals surface area contributed by atoms with Crippen molar-refractivity contribution in [2.75, 3.05) is 7.11 Å². The largest absolute Gasteiger partial charge is 0.496 e. The number of halogens is 1. The fourth-order valence-electron chi connectivity index (χ4n) is 1.89. The second-order valence-corrected chi connectivity index (χ2v) is 4.33. The molecule has 1 aromatic heterocycles. The van der Waals surface area contributed by atoms with Gasteiger partial charge in [0.2, 0.25) is 0 Å². The first-order chi connectivity index (χ1) is 7.79. The Kier molecular flexibility index (Phi) is 2.14. The van der Waals surface area contributed by atoms with Gasteiger partial charge in [0.1, 0.15) is 5.76 Å². The molecule has 1 aliphatic carbocycles. The Labute approximate surface area is 98.1 Å². The molecule has 0 bridgehead atoms. The molecule has 3 nitrogen and oxygen atoms in total. The molecule has 0 spiro atoms. The van der Waals surface area contributed by atoms with Crippen LogP contribution in [0, 0.1) is 0 Å². The lowest BCUT2D eigenvalue weighted by Crippen LogP contribution is -1.88. The van der Waals surface area contributed by atoms with Gasteiger partial charge >= 0.3 is 0 Å². The Hall–Kier alpha value is -1.48. The monoisotopic (exact) mass is 234 g/mol. The van der Waals surface area contributed by atoms with Gasteiger partial charge in [-0.25, -0.2) is 0 Å². The second-order valence-electron chi connectivity index (χ2n) is 3.93. The van der Waals surface area contributed by atoms with Crippen molar-refractivity contribution in [1.82, 2.24) is 10.2 Å². The van der Waals surface area contributed by atoms with Crippen molar-refractivity contribution in [3.8, 4) is 0 Å². The predicted octanol–water partition coefficient (Wildman–Crippen LogP) is 3.37. The molecule has 0 amide bonds. The Bertz CT molecular complexity index is 580. The number of hydrogen-bond acceptors (Lipinski definition) is 2. The second kappa shape index (κ2) is 3.52. The van der Waals surface area contributed by atoms with Crippen molar-refractivity contribution in [2.24, 2.45) is 0 Å². The van der Waals surface area contributed by atoms with E-state index in [-0.39, 0.29) is 0 Å². The van der Waals surface area contributed by atoms with Crippen LogP contribution >= 0.6 is 11.6 Å². The number of benzene rings is 1. The van der Waals surface area contributed by atoms with Gasteiger partial charge in [-0.05, 0) is 30.5 Å². The first-order valence-electron chi connectivity index (χ1n) is 5.18. The maximum Gasteiger partial charge on any atom is 0.125 e. The van der Waals surface area contributed by atoms with Crippen LogP contribution in [0.3, 0.4) is 0 Å². The Morgan fingerprint density at radius 2 is 2.25 bits per heavy atom. The van der Waals surface area contributed by atoms with Crippen LogP contribution in [0.25, 0.3) is 16.7 Å². The van der Waals surface area contributed by atoms with Gasteiger partial charge in [0.15, 0.2) is 0 Å². The fraction of sp³-hybridized carbons (Fsp3) is 0.250. The fourth-order valence-corrected chi connectivity index (χ4v) is 2.16. The lowest BCUT2D eigenvalue weighted by atomic mass is 10.1. The molecule has 1 saturated carbocycles. The number of nitrogens with zero attached hydrogens (tertiary/aromatic N) is 1. The lowest BCUT2D eigenvalue weighted by molar-refractivity contribution is 0.368. The summed E-state index contributed by atoms with van der Waals surface area (Å²) >= 11 is 6.19. The van der Waals surface area contributed by atoms with Crippen LogP contribution in [0.4, 0.5) is 0 Å². The van der Waals surface area contributed by atoms with Crippen LogP contribution in [0.15, 0.2) is 23.9 Å². The van der Waals surface area contributed by atoms with Crippen molar-refractivity contribution >= 4 is 28.3 Å². The van der Waals surface area contributed by atoms with Crippen LogP contribution in [-0.2, 0) is 4.74 Å². The maximum absolute atomic E-state index is 6.19. The smallest absolute Gasteiger partial charge is 0.125 e. The highest BCUT2D eigenvalue weighted by Crippen LogP contribution is 2.38. The van der Waals surface area contributed by atoms with Gasteiger partial charge in [0, 0.05) is 10.9 Å². The van der Waals surface area contributed by atoms with Gasteiger partial charge in [0.05, 0.1) is 23.8 Å². The van der Waals surface area contributed by atoms with Crippen LogP contribution in [-0.4, -0.2) is 17.3 Å². The van der Waals surface area contributed by atoms with Gasteiger partial charge in [0.25, 0.3) is 0 Å². The quantitative estimate of drug-likeness (QED) is 0.809. The summed E-state index contributed by atoms with van der Waals surface area (Å²) in [5.74, 6) is 0.957. The Morgan fingerprint density at radius 1 is 1.44 bits per heavy atom. The van der Waals surface area contributed by atoms with E-state index in [1.807, 2.05) is 12.1 Å². The summed E-state index contributed by atoms with van der Waals surface area (Å²) in [4.78, 5) is 0. The average Bonchev–Trinajstić information content (AvgIpc) is 2.96. The van der Waals surface area contributed by atoms with Gasteiger partial charge in [-0.1, -0.05) is 11.6 Å². The number of aromatic amines is 1. The first-order valence-corrected chi connectivity index (χ1v) is 5.56. The van der Waals surface area contributed by atoms with E-state index in [9.17, 15) is 0 Å². The minimum absolute atomic E-state index is 0.706. The van der Waals surface area contributed by atoms with Crippen molar-refractivity contribution in [1.29, 1.82) is 0 Å². The Morgan fingerprint density at radius 3 is 2.94 bits per heavy atom. The summed E-state index contributed by atoms with van der Waals surface area (Å²) in [6.07, 6.45) is 3.99. The Balaban J connectivity index is 2.20. The molecule has 1 heterocycles. The van der Waals surface area contributed by atoms with Crippen LogP contribution in [0.1, 0.15) is 18.4 Å². The average molecular weight is 235 g/mol. The number of nitrogens with one attached hydrogen (secondary N) is 1. The third-order valence-corrected chi connectivity index (χ3v) is 3.11. The number of rotatable bonds is 2. The third-order valence-electron chi connectivity index (χ3n) is 2.80. The number of ether oxygens (including phenoxy) is 1. The van der Waals surface area contributed by atoms with Crippen molar-refractivity contribution in [3.63, 3.8) is 0 Å². The summed E-state index contributed by atoms with van der Waals surface area (Å²) < 4.78 is 5.43. The summed E-state index contributed by atoms with van der Waals surface area (Å²) in [6, 6.07) is 3.96. The van der Waals surface area contributed by atoms with Crippen molar-refractivity contribution in [2.45, 2.75) is 12.8 Å². The van der Waals surface area contributed by atoms with E-state index in [0.29, 0.717) is 5.02 Å². The van der Waals surface area contributed by atoms with Crippen molar-refractivity contribution in [3.05, 3.63) is 34.5 Å². The van der Waals surface area contributed by atoms with Gasteiger partial charge in [-0.2, -0.15) is 5.10 Å². The number of methoxy groups -OCH3 is 1. The molecule has 3 rings (SSSR count). The summed E-state index contributed by atoms with van der Waals surface area (Å²) in [6.45, 7) is 0. The molecule has 1 N–H and O–H groups in total. The zero-order valence-electron chi connectivity index (χ0n) is 8.88. The number of allylic oxidation sites excluding steroid dienone is 1. The number of aromatic nitrogens is 2. The molecule has 1 aromatic carbocycles. The minimum Gasteiger partial charge on any atom is -0.496 e. The van der Waals surface area contributed by atoms with Gasteiger partial charge in [-0.3, -0.25) is 5.10 Å². The standard InChI is InChI=1S/C12H11ClN2O/c1-16-12(7-2-3-7)8-4-10(13)9-6-14-15-11(9)5-8/h4-6H,2-3H2,1H3,(H,14,15). The SMILES string of the molecule is COC(=C1CC1)c1cc(Cl)c2cn[nH]c2c1. The van der Waals surface area contributed by atoms with E-state index in [1.165, 1.54) is 5.57 Å². The summed E-state index contributed by atoms with van der Waals surface area (Å²) in [7, 11) is 1.70. The number of fused-ring (bicyclic) bond motifs is 1. The van der Waals surface area contributed by atoms with Gasteiger partial charge in [-0.15, -0.1) is 0 Å². The van der Waals surface area contributed by atoms with Crippen LogP contribution in [0.2, 0.25) is 5.02 Å². The predicted molar refractivity (Wildman–Crippen MR) is 64.3 cm³/mol. The zero-order valence-corrected chi connectivity index (χ0v) is 9.64. The molecule has 0 aliphatic heterocycles. The van der Waals surface area contributed by atoms with E-state index in [4.69, 9.17) is 16.3 Å². The molecule has 2 aromatic rings. The van der Waals surface area contributed by atoms with Crippen molar-refractivity contribution < 1.29 is 4.74 Å². The van der Waals surface area contributed by atoms with E-state index in [2.05, 4.69) is 10.2 Å². The van der Waals surface area contributed by atoms with E-state index in [1.54, 1.807) is 13.3 Å². The summed E-state index contributed by atoms with van der Waals surface area (Å²) in [5, 5.41) is 8.56.